The second-order valence-corrected chi connectivity index (χ2v) is 3.74. The van der Waals surface area contributed by atoms with Gasteiger partial charge in [0.1, 0.15) is 5.82 Å². The third kappa shape index (κ3) is 3.55. The molecule has 5 heteroatoms. The number of carbonyl (C=O) groups is 2. The van der Waals surface area contributed by atoms with E-state index in [1.54, 1.807) is 0 Å². The second kappa shape index (κ2) is 5.98. The van der Waals surface area contributed by atoms with Crippen molar-refractivity contribution in [3.63, 3.8) is 0 Å². The maximum absolute atomic E-state index is 11.8. The van der Waals surface area contributed by atoms with Gasteiger partial charge in [-0.3, -0.25) is 4.79 Å². The van der Waals surface area contributed by atoms with Crippen molar-refractivity contribution in [1.29, 1.82) is 0 Å². The van der Waals surface area contributed by atoms with Gasteiger partial charge in [0.2, 0.25) is 5.91 Å². The molecular weight excluding hydrogens is 220 g/mol. The lowest BCUT2D eigenvalue weighted by Crippen LogP contribution is -2.22. The summed E-state index contributed by atoms with van der Waals surface area (Å²) in [5, 5.41) is 11.4. The highest BCUT2D eigenvalue weighted by Gasteiger charge is 2.15. The number of nitrogens with one attached hydrogen (secondary N) is 1. The van der Waals surface area contributed by atoms with Gasteiger partial charge in [0, 0.05) is 12.1 Å². The van der Waals surface area contributed by atoms with Crippen molar-refractivity contribution in [1.82, 2.24) is 4.98 Å². The predicted octanol–water partition coefficient (Wildman–Crippen LogP) is 2.15. The molecule has 1 aromatic rings. The molecule has 17 heavy (non-hydrogen) atoms. The van der Waals surface area contributed by atoms with Crippen LogP contribution in [0, 0.1) is 5.92 Å². The minimum absolute atomic E-state index is 0.0646. The van der Waals surface area contributed by atoms with Crippen LogP contribution in [0.4, 0.5) is 5.82 Å². The minimum atomic E-state index is -1.04. The number of anilines is 1. The molecule has 0 aliphatic carbocycles. The van der Waals surface area contributed by atoms with E-state index >= 15 is 0 Å². The van der Waals surface area contributed by atoms with E-state index in [1.165, 1.54) is 18.3 Å². The maximum Gasteiger partial charge on any atom is 0.335 e. The lowest BCUT2D eigenvalue weighted by molar-refractivity contribution is -0.120. The second-order valence-electron chi connectivity index (χ2n) is 3.74. The van der Waals surface area contributed by atoms with Gasteiger partial charge in [-0.2, -0.15) is 0 Å². The minimum Gasteiger partial charge on any atom is -0.478 e. The van der Waals surface area contributed by atoms with Crippen LogP contribution in [0.15, 0.2) is 18.3 Å². The number of carboxylic acids is 1. The van der Waals surface area contributed by atoms with Gasteiger partial charge in [0.15, 0.2) is 0 Å². The number of aromatic carboxylic acids is 1. The van der Waals surface area contributed by atoms with E-state index in [1.807, 2.05) is 13.8 Å². The van der Waals surface area contributed by atoms with Crippen molar-refractivity contribution < 1.29 is 14.7 Å². The Labute approximate surface area is 99.9 Å². The molecule has 5 nitrogen and oxygen atoms in total. The fraction of sp³-hybridized carbons (Fsp3) is 0.417. The summed E-state index contributed by atoms with van der Waals surface area (Å²) in [6.45, 7) is 3.88. The SMILES string of the molecule is CCC(CC)C(=O)Nc1cc(C(=O)O)ccn1. The molecule has 0 saturated carbocycles. The van der Waals surface area contributed by atoms with Gasteiger partial charge < -0.3 is 10.4 Å². The average molecular weight is 236 g/mol. The largest absolute Gasteiger partial charge is 0.478 e. The standard InChI is InChI=1S/C12H16N2O3/c1-3-8(4-2)11(15)14-10-7-9(12(16)17)5-6-13-10/h5-8H,3-4H2,1-2H3,(H,16,17)(H,13,14,15). The Hall–Kier alpha value is -1.91. The van der Waals surface area contributed by atoms with Gasteiger partial charge in [-0.15, -0.1) is 0 Å². The summed E-state index contributed by atoms with van der Waals surface area (Å²) >= 11 is 0. The number of amides is 1. The molecule has 0 aliphatic rings. The van der Waals surface area contributed by atoms with Gasteiger partial charge in [0.05, 0.1) is 5.56 Å². The van der Waals surface area contributed by atoms with Crippen LogP contribution >= 0.6 is 0 Å². The van der Waals surface area contributed by atoms with Gasteiger partial charge >= 0.3 is 5.97 Å². The van der Waals surface area contributed by atoms with Crippen LogP contribution in [0.5, 0.6) is 0 Å². The fourth-order valence-electron chi connectivity index (χ4n) is 1.52. The number of pyridine rings is 1. The van der Waals surface area contributed by atoms with E-state index in [0.29, 0.717) is 0 Å². The van der Waals surface area contributed by atoms with Crippen molar-refractivity contribution in [2.24, 2.45) is 5.92 Å². The van der Waals surface area contributed by atoms with Crippen LogP contribution in [0.25, 0.3) is 0 Å². The predicted molar refractivity (Wildman–Crippen MR) is 63.9 cm³/mol. The Morgan fingerprint density at radius 2 is 2.06 bits per heavy atom. The molecule has 0 bridgehead atoms. The van der Waals surface area contributed by atoms with Crippen molar-refractivity contribution in [2.75, 3.05) is 5.32 Å². The molecule has 0 spiro atoms. The first-order valence-corrected chi connectivity index (χ1v) is 5.58. The first-order valence-electron chi connectivity index (χ1n) is 5.58. The summed E-state index contributed by atoms with van der Waals surface area (Å²) in [6, 6.07) is 2.73. The zero-order valence-corrected chi connectivity index (χ0v) is 9.93. The molecule has 0 aromatic carbocycles. The van der Waals surface area contributed by atoms with Crippen LogP contribution < -0.4 is 5.32 Å². The molecule has 0 fully saturated rings. The van der Waals surface area contributed by atoms with E-state index in [-0.39, 0.29) is 23.2 Å². The Bertz CT molecular complexity index is 414. The highest BCUT2D eigenvalue weighted by atomic mass is 16.4. The molecule has 1 amide bonds. The normalized spacial score (nSPS) is 10.3. The van der Waals surface area contributed by atoms with Gasteiger partial charge in [-0.1, -0.05) is 13.8 Å². The molecular formula is C12H16N2O3. The summed E-state index contributed by atoms with van der Waals surface area (Å²) < 4.78 is 0. The number of hydrogen-bond acceptors (Lipinski definition) is 3. The summed E-state index contributed by atoms with van der Waals surface area (Å²) in [4.78, 5) is 26.4. The molecule has 0 aliphatic heterocycles. The van der Waals surface area contributed by atoms with E-state index in [4.69, 9.17) is 5.11 Å². The third-order valence-electron chi connectivity index (χ3n) is 2.61. The van der Waals surface area contributed by atoms with E-state index < -0.39 is 5.97 Å². The van der Waals surface area contributed by atoms with E-state index in [9.17, 15) is 9.59 Å². The third-order valence-corrected chi connectivity index (χ3v) is 2.61. The molecule has 1 rings (SSSR count). The lowest BCUT2D eigenvalue weighted by atomic mass is 10.0. The molecule has 92 valence electrons. The van der Waals surface area contributed by atoms with Crippen LogP contribution in [0.1, 0.15) is 37.0 Å². The highest BCUT2D eigenvalue weighted by molar-refractivity contribution is 5.93. The first kappa shape index (κ1) is 13.2. The summed E-state index contributed by atoms with van der Waals surface area (Å²) in [6.07, 6.45) is 2.87. The number of aromatic nitrogens is 1. The zero-order chi connectivity index (χ0) is 12.8. The fourth-order valence-corrected chi connectivity index (χ4v) is 1.52. The molecule has 1 heterocycles. The average Bonchev–Trinajstić information content (AvgIpc) is 2.30. The van der Waals surface area contributed by atoms with Gasteiger partial charge in [-0.25, -0.2) is 9.78 Å². The molecule has 0 saturated heterocycles. The van der Waals surface area contributed by atoms with Crippen LogP contribution in [0.3, 0.4) is 0 Å². The molecule has 0 atom stereocenters. The van der Waals surface area contributed by atoms with Crippen LogP contribution in [0.2, 0.25) is 0 Å². The van der Waals surface area contributed by atoms with E-state index in [2.05, 4.69) is 10.3 Å². The zero-order valence-electron chi connectivity index (χ0n) is 9.93. The Kier molecular flexibility index (Phi) is 4.63. The van der Waals surface area contributed by atoms with Crippen molar-refractivity contribution >= 4 is 17.7 Å². The molecule has 0 unspecified atom stereocenters. The van der Waals surface area contributed by atoms with Gasteiger partial charge in [-0.05, 0) is 25.0 Å². The smallest absolute Gasteiger partial charge is 0.335 e. The Balaban J connectivity index is 2.78. The molecule has 0 radical (unpaired) electrons. The number of rotatable bonds is 5. The van der Waals surface area contributed by atoms with Crippen molar-refractivity contribution in [3.8, 4) is 0 Å². The lowest BCUT2D eigenvalue weighted by Gasteiger charge is -2.12. The number of hydrogen-bond donors (Lipinski definition) is 2. The number of nitrogens with zero attached hydrogens (tertiary/aromatic N) is 1. The summed E-state index contributed by atoms with van der Waals surface area (Å²) in [5.41, 5.74) is 0.111. The molecule has 1 aromatic heterocycles. The van der Waals surface area contributed by atoms with Crippen LogP contribution in [-0.4, -0.2) is 22.0 Å². The summed E-state index contributed by atoms with van der Waals surface area (Å²) in [5.74, 6) is -0.942. The van der Waals surface area contributed by atoms with E-state index in [0.717, 1.165) is 12.8 Å². The first-order chi connectivity index (χ1) is 8.08. The maximum atomic E-state index is 11.8. The quantitative estimate of drug-likeness (QED) is 0.821. The van der Waals surface area contributed by atoms with Crippen molar-refractivity contribution in [3.05, 3.63) is 23.9 Å². The number of carboxylic acid groups (broad SMARTS) is 1. The van der Waals surface area contributed by atoms with Crippen molar-refractivity contribution in [2.45, 2.75) is 26.7 Å². The highest BCUT2D eigenvalue weighted by Crippen LogP contribution is 2.12. The topological polar surface area (TPSA) is 79.3 Å². The summed E-state index contributed by atoms with van der Waals surface area (Å²) in [7, 11) is 0. The van der Waals surface area contributed by atoms with Gasteiger partial charge in [0.25, 0.3) is 0 Å². The van der Waals surface area contributed by atoms with Crippen LogP contribution in [-0.2, 0) is 4.79 Å². The molecule has 2 N–H and O–H groups in total. The monoisotopic (exact) mass is 236 g/mol. The Morgan fingerprint density at radius 3 is 2.59 bits per heavy atom. The Morgan fingerprint density at radius 1 is 1.41 bits per heavy atom. The number of carbonyl (C=O) groups excluding carboxylic acids is 1.